The van der Waals surface area contributed by atoms with Gasteiger partial charge in [-0.15, -0.1) is 10.2 Å². The van der Waals surface area contributed by atoms with Gasteiger partial charge in [-0.1, -0.05) is 65.0 Å². The number of fused-ring (bicyclic) bond motifs is 1. The molecule has 1 N–H and O–H groups in total. The number of ether oxygens (including phenoxy) is 2. The van der Waals surface area contributed by atoms with Crippen LogP contribution in [0, 0.1) is 0 Å². The van der Waals surface area contributed by atoms with Crippen molar-refractivity contribution < 1.29 is 24.2 Å². The first-order valence-corrected chi connectivity index (χ1v) is 15.6. The smallest absolute Gasteiger partial charge is 0.301 e. The van der Waals surface area contributed by atoms with Crippen molar-refractivity contribution in [3.05, 3.63) is 99.6 Å². The van der Waals surface area contributed by atoms with E-state index in [1.54, 1.807) is 36.4 Å². The van der Waals surface area contributed by atoms with Crippen LogP contribution in [0.5, 0.6) is 11.5 Å². The number of hydrogen-bond donors (Lipinski definition) is 1. The Morgan fingerprint density at radius 1 is 1.14 bits per heavy atom. The number of halogens is 1. The van der Waals surface area contributed by atoms with Crippen LogP contribution in [-0.2, 0) is 21.8 Å². The minimum Gasteiger partial charge on any atom is -0.507 e. The van der Waals surface area contributed by atoms with Crippen molar-refractivity contribution >= 4 is 57.3 Å². The zero-order valence-corrected chi connectivity index (χ0v) is 25.1. The third-order valence-electron chi connectivity index (χ3n) is 7.01. The van der Waals surface area contributed by atoms with Gasteiger partial charge in [0.25, 0.3) is 5.78 Å². The quantitative estimate of drug-likeness (QED) is 0.0753. The van der Waals surface area contributed by atoms with E-state index >= 15 is 0 Å². The van der Waals surface area contributed by atoms with Gasteiger partial charge in [0.15, 0.2) is 4.34 Å². The third kappa shape index (κ3) is 5.37. The molecular formula is C31H26ClN3O5S2. The van der Waals surface area contributed by atoms with Crippen LogP contribution in [-0.4, -0.2) is 39.7 Å². The Morgan fingerprint density at radius 2 is 1.98 bits per heavy atom. The molecule has 0 aliphatic carbocycles. The van der Waals surface area contributed by atoms with Crippen molar-refractivity contribution in [2.45, 2.75) is 42.5 Å². The Kier molecular flexibility index (Phi) is 7.94. The lowest BCUT2D eigenvalue weighted by Gasteiger charge is -2.23. The number of aliphatic hydroxyl groups excluding tert-OH is 1. The summed E-state index contributed by atoms with van der Waals surface area (Å²) in [6.07, 6.45) is 0.705. The zero-order chi connectivity index (χ0) is 29.4. The molecule has 42 heavy (non-hydrogen) atoms. The number of carbonyl (C=O) groups is 2. The van der Waals surface area contributed by atoms with Gasteiger partial charge in [0.2, 0.25) is 5.13 Å². The number of rotatable bonds is 8. The molecule has 0 saturated carbocycles. The fourth-order valence-electron chi connectivity index (χ4n) is 5.12. The Labute approximate surface area is 255 Å². The molecule has 2 aliphatic heterocycles. The van der Waals surface area contributed by atoms with Crippen molar-refractivity contribution in [2.24, 2.45) is 0 Å². The zero-order valence-electron chi connectivity index (χ0n) is 22.7. The van der Waals surface area contributed by atoms with Gasteiger partial charge in [0, 0.05) is 22.8 Å². The number of ketones is 1. The molecule has 3 heterocycles. The maximum atomic E-state index is 13.6. The van der Waals surface area contributed by atoms with E-state index in [4.69, 9.17) is 21.1 Å². The van der Waals surface area contributed by atoms with E-state index in [9.17, 15) is 14.7 Å². The minimum atomic E-state index is -0.941. The van der Waals surface area contributed by atoms with Gasteiger partial charge in [0.05, 0.1) is 18.2 Å². The van der Waals surface area contributed by atoms with E-state index in [-0.39, 0.29) is 22.6 Å². The highest BCUT2D eigenvalue weighted by Crippen LogP contribution is 2.45. The van der Waals surface area contributed by atoms with Gasteiger partial charge < -0.3 is 14.6 Å². The minimum absolute atomic E-state index is 0.0201. The predicted octanol–water partition coefficient (Wildman–Crippen LogP) is 6.83. The normalized spacial score (nSPS) is 19.2. The van der Waals surface area contributed by atoms with Crippen LogP contribution in [0.15, 0.2) is 76.6 Å². The first-order valence-electron chi connectivity index (χ1n) is 13.4. The Hall–Kier alpha value is -3.86. The van der Waals surface area contributed by atoms with E-state index in [2.05, 4.69) is 10.2 Å². The summed E-state index contributed by atoms with van der Waals surface area (Å²) in [7, 11) is 0. The third-order valence-corrected chi connectivity index (χ3v) is 9.48. The van der Waals surface area contributed by atoms with Crippen LogP contribution in [0.1, 0.15) is 42.1 Å². The second-order valence-corrected chi connectivity index (χ2v) is 12.4. The number of hydrogen-bond acceptors (Lipinski definition) is 9. The van der Waals surface area contributed by atoms with Crippen molar-refractivity contribution in [3.8, 4) is 11.5 Å². The van der Waals surface area contributed by atoms with Crippen LogP contribution in [0.4, 0.5) is 5.13 Å². The van der Waals surface area contributed by atoms with E-state index in [1.165, 1.54) is 28.0 Å². The average Bonchev–Trinajstić information content (AvgIpc) is 3.67. The summed E-state index contributed by atoms with van der Waals surface area (Å²) in [5.41, 5.74) is 2.88. The van der Waals surface area contributed by atoms with Gasteiger partial charge in [-0.25, -0.2) is 0 Å². The highest BCUT2D eigenvalue weighted by atomic mass is 35.5. The van der Waals surface area contributed by atoms with Gasteiger partial charge in [0.1, 0.15) is 23.4 Å². The molecule has 214 valence electrons. The van der Waals surface area contributed by atoms with Crippen molar-refractivity contribution in [2.75, 3.05) is 11.5 Å². The van der Waals surface area contributed by atoms with Crippen LogP contribution < -0.4 is 14.4 Å². The van der Waals surface area contributed by atoms with Crippen molar-refractivity contribution in [1.29, 1.82) is 0 Å². The molecule has 2 atom stereocenters. The van der Waals surface area contributed by atoms with Crippen molar-refractivity contribution in [1.82, 2.24) is 10.2 Å². The largest absolute Gasteiger partial charge is 0.507 e. The number of amides is 1. The fourth-order valence-corrected chi connectivity index (χ4v) is 7.28. The molecule has 1 amide bonds. The molecule has 0 radical (unpaired) electrons. The van der Waals surface area contributed by atoms with E-state index in [1.807, 2.05) is 44.2 Å². The van der Waals surface area contributed by atoms with Gasteiger partial charge in [-0.2, -0.15) is 0 Å². The van der Waals surface area contributed by atoms with E-state index in [0.717, 1.165) is 16.9 Å². The Morgan fingerprint density at radius 3 is 2.79 bits per heavy atom. The molecule has 1 fully saturated rings. The predicted molar refractivity (Wildman–Crippen MR) is 164 cm³/mol. The first-order chi connectivity index (χ1) is 20.3. The topological polar surface area (TPSA) is 102 Å². The number of carbonyl (C=O) groups excluding carboxylic acids is 2. The molecule has 11 heteroatoms. The fraction of sp³-hybridized carbons (Fsp3) is 0.226. The average molecular weight is 620 g/mol. The maximum Gasteiger partial charge on any atom is 0.301 e. The Balaban J connectivity index is 1.40. The van der Waals surface area contributed by atoms with Gasteiger partial charge in [-0.05, 0) is 66.9 Å². The summed E-state index contributed by atoms with van der Waals surface area (Å²) >= 11 is 8.94. The number of nitrogens with zero attached hydrogens (tertiary/aromatic N) is 3. The molecule has 2 aliphatic rings. The second-order valence-electron chi connectivity index (χ2n) is 9.86. The molecule has 6 rings (SSSR count). The van der Waals surface area contributed by atoms with Gasteiger partial charge >= 0.3 is 5.91 Å². The van der Waals surface area contributed by atoms with Crippen LogP contribution in [0.25, 0.3) is 5.76 Å². The maximum absolute atomic E-state index is 13.6. The molecule has 8 nitrogen and oxygen atoms in total. The van der Waals surface area contributed by atoms with Crippen molar-refractivity contribution in [3.63, 3.8) is 0 Å². The molecule has 3 aromatic carbocycles. The van der Waals surface area contributed by atoms with E-state index in [0.29, 0.717) is 45.0 Å². The second kappa shape index (κ2) is 11.8. The highest BCUT2D eigenvalue weighted by Gasteiger charge is 2.48. The Bertz CT molecular complexity index is 1720. The number of aromatic nitrogens is 2. The lowest BCUT2D eigenvalue weighted by Crippen LogP contribution is -2.29. The molecule has 0 unspecified atom stereocenters. The van der Waals surface area contributed by atoms with Crippen LogP contribution in [0.2, 0.25) is 5.02 Å². The number of aliphatic hydroxyl groups is 1. The molecule has 0 bridgehead atoms. The van der Waals surface area contributed by atoms with E-state index < -0.39 is 17.7 Å². The number of Topliss-reactive ketones (excluding diaryl/α,β-unsaturated/α-hetero) is 1. The molecule has 1 saturated heterocycles. The lowest BCUT2D eigenvalue weighted by molar-refractivity contribution is -0.132. The molecule has 4 aromatic rings. The summed E-state index contributed by atoms with van der Waals surface area (Å²) in [5.74, 6) is 0.0369. The summed E-state index contributed by atoms with van der Waals surface area (Å²) in [6, 6.07) is 19.1. The SMILES string of the molecule is CCOc1cccc([C@@H]2/C(=C(\O)c3ccc4c(c3)C[C@@H](C)O4)C(=O)C(=O)N2c2nnc(SCc3ccccc3Cl)s2)c1. The molecule has 0 spiro atoms. The number of benzene rings is 3. The van der Waals surface area contributed by atoms with Crippen LogP contribution >= 0.6 is 34.7 Å². The summed E-state index contributed by atoms with van der Waals surface area (Å²) < 4.78 is 12.1. The molecular weight excluding hydrogens is 594 g/mol. The summed E-state index contributed by atoms with van der Waals surface area (Å²) in [4.78, 5) is 28.5. The number of thioether (sulfide) groups is 1. The van der Waals surface area contributed by atoms with Gasteiger partial charge in [-0.3, -0.25) is 14.5 Å². The summed E-state index contributed by atoms with van der Waals surface area (Å²) in [6.45, 7) is 4.29. The first kappa shape index (κ1) is 28.3. The highest BCUT2D eigenvalue weighted by molar-refractivity contribution is 8.00. The summed E-state index contributed by atoms with van der Waals surface area (Å²) in [5, 5.41) is 21.1. The molecule has 1 aromatic heterocycles. The van der Waals surface area contributed by atoms with Crippen LogP contribution in [0.3, 0.4) is 0 Å². The lowest BCUT2D eigenvalue weighted by atomic mass is 9.94. The monoisotopic (exact) mass is 619 g/mol. The number of anilines is 1. The standard InChI is InChI=1S/C31H26ClN3O5S2/c1-3-39-22-9-6-8-18(15-22)26-25(27(36)19-11-12-24-21(14-19)13-17(2)40-24)28(37)29(38)35(26)30-33-34-31(42-30)41-16-20-7-4-5-10-23(20)32/h4-12,14-15,17,26,36H,3,13,16H2,1-2H3/b27-25+/t17-,26-/m1/s1.